The molecule has 0 bridgehead atoms. The number of nitrogens with one attached hydrogen (secondary N) is 1. The van der Waals surface area contributed by atoms with Crippen LogP contribution in [0, 0.1) is 0 Å². The van der Waals surface area contributed by atoms with Crippen molar-refractivity contribution in [2.45, 2.75) is 70.5 Å². The van der Waals surface area contributed by atoms with Gasteiger partial charge in [-0.15, -0.1) is 0 Å². The smallest absolute Gasteiger partial charge is 0.264 e. The van der Waals surface area contributed by atoms with Crippen LogP contribution in [0.2, 0.25) is 0 Å². The van der Waals surface area contributed by atoms with Crippen LogP contribution in [-0.2, 0) is 26.2 Å². The first-order chi connectivity index (χ1) is 19.5. The third-order valence-electron chi connectivity index (χ3n) is 7.11. The van der Waals surface area contributed by atoms with Gasteiger partial charge in [-0.25, -0.2) is 8.42 Å². The highest BCUT2D eigenvalue weighted by molar-refractivity contribution is 7.92. The van der Waals surface area contributed by atoms with Gasteiger partial charge in [-0.2, -0.15) is 0 Å². The molecule has 0 aromatic heterocycles. The minimum Gasteiger partial charge on any atom is -0.497 e. The highest BCUT2D eigenvalue weighted by atomic mass is 32.2. The molecule has 0 aliphatic carbocycles. The second-order valence-electron chi connectivity index (χ2n) is 10.4. The molecule has 3 aromatic rings. The molecule has 9 heteroatoms. The van der Waals surface area contributed by atoms with Crippen LogP contribution in [0.4, 0.5) is 5.69 Å². The SMILES string of the molecule is CC[C@@H](C)NC(=O)[C@@H](C)N(Cc1cccc(OC)c1)C(=O)CN(c1ccc(C(C)C)cc1)S(=O)(=O)c1ccccc1. The van der Waals surface area contributed by atoms with Crippen LogP contribution in [0.5, 0.6) is 5.75 Å². The Hall–Kier alpha value is -3.85. The van der Waals surface area contributed by atoms with Crippen molar-refractivity contribution in [3.8, 4) is 5.75 Å². The van der Waals surface area contributed by atoms with Crippen molar-refractivity contribution in [1.29, 1.82) is 0 Å². The average Bonchev–Trinajstić information content (AvgIpc) is 2.98. The maximum atomic E-state index is 14.0. The van der Waals surface area contributed by atoms with E-state index >= 15 is 0 Å². The van der Waals surface area contributed by atoms with Crippen LogP contribution in [0.1, 0.15) is 58.1 Å². The molecule has 8 nitrogen and oxygen atoms in total. The molecule has 0 aliphatic heterocycles. The molecular formula is C32H41N3O5S. The molecule has 0 aliphatic rings. The zero-order valence-corrected chi connectivity index (χ0v) is 25.5. The van der Waals surface area contributed by atoms with Crippen LogP contribution in [0.25, 0.3) is 0 Å². The number of hydrogen-bond acceptors (Lipinski definition) is 5. The first-order valence-corrected chi connectivity index (χ1v) is 15.3. The van der Waals surface area contributed by atoms with Gasteiger partial charge < -0.3 is 15.0 Å². The zero-order chi connectivity index (χ0) is 30.2. The number of rotatable bonds is 13. The number of amides is 2. The molecule has 3 rings (SSSR count). The number of carbonyl (C=O) groups is 2. The van der Waals surface area contributed by atoms with Crippen LogP contribution in [0.3, 0.4) is 0 Å². The van der Waals surface area contributed by atoms with Gasteiger partial charge in [0.25, 0.3) is 10.0 Å². The Morgan fingerprint density at radius 2 is 1.56 bits per heavy atom. The van der Waals surface area contributed by atoms with Gasteiger partial charge in [0.05, 0.1) is 17.7 Å². The number of methoxy groups -OCH3 is 1. The van der Waals surface area contributed by atoms with Gasteiger partial charge >= 0.3 is 0 Å². The van der Waals surface area contributed by atoms with E-state index < -0.39 is 28.5 Å². The quantitative estimate of drug-likeness (QED) is 0.295. The molecule has 1 N–H and O–H groups in total. The summed E-state index contributed by atoms with van der Waals surface area (Å²) in [4.78, 5) is 28.7. The molecule has 0 saturated heterocycles. The van der Waals surface area contributed by atoms with Crippen molar-refractivity contribution in [2.24, 2.45) is 0 Å². The Labute approximate surface area is 244 Å². The van der Waals surface area contributed by atoms with E-state index in [1.54, 1.807) is 56.5 Å². The molecule has 41 heavy (non-hydrogen) atoms. The van der Waals surface area contributed by atoms with Crippen LogP contribution in [0.15, 0.2) is 83.8 Å². The summed E-state index contributed by atoms with van der Waals surface area (Å²) < 4.78 is 34.3. The molecule has 0 saturated carbocycles. The maximum Gasteiger partial charge on any atom is 0.264 e. The molecule has 220 valence electrons. The predicted octanol–water partition coefficient (Wildman–Crippen LogP) is 5.35. The highest BCUT2D eigenvalue weighted by Crippen LogP contribution is 2.27. The Morgan fingerprint density at radius 3 is 2.15 bits per heavy atom. The monoisotopic (exact) mass is 579 g/mol. The van der Waals surface area contributed by atoms with Crippen molar-refractivity contribution in [3.63, 3.8) is 0 Å². The predicted molar refractivity (Wildman–Crippen MR) is 162 cm³/mol. The lowest BCUT2D eigenvalue weighted by Crippen LogP contribution is -2.52. The standard InChI is InChI=1S/C32H41N3O5S/c1-7-24(4)33-32(37)25(5)34(21-26-12-11-13-29(20-26)40-6)31(36)22-35(28-18-16-27(17-19-28)23(2)3)41(38,39)30-14-9-8-10-15-30/h8-20,23-25H,7,21-22H2,1-6H3,(H,33,37)/t24-,25-/m1/s1. The summed E-state index contributed by atoms with van der Waals surface area (Å²) in [5, 5.41) is 2.94. The topological polar surface area (TPSA) is 96.0 Å². The molecule has 0 spiro atoms. The van der Waals surface area contributed by atoms with Crippen molar-refractivity contribution in [3.05, 3.63) is 90.0 Å². The molecule has 0 heterocycles. The first-order valence-electron chi connectivity index (χ1n) is 13.9. The summed E-state index contributed by atoms with van der Waals surface area (Å²) in [6.07, 6.45) is 0.734. The molecule has 0 radical (unpaired) electrons. The van der Waals surface area contributed by atoms with E-state index in [0.29, 0.717) is 11.4 Å². The van der Waals surface area contributed by atoms with Gasteiger partial charge in [-0.1, -0.05) is 63.2 Å². The summed E-state index contributed by atoms with van der Waals surface area (Å²) in [6, 6.07) is 21.5. The van der Waals surface area contributed by atoms with Crippen molar-refractivity contribution < 1.29 is 22.7 Å². The van der Waals surface area contributed by atoms with Gasteiger partial charge in [0.2, 0.25) is 11.8 Å². The molecule has 3 aromatic carbocycles. The largest absolute Gasteiger partial charge is 0.497 e. The lowest BCUT2D eigenvalue weighted by Gasteiger charge is -2.32. The molecule has 0 unspecified atom stereocenters. The van der Waals surface area contributed by atoms with Gasteiger partial charge in [0.15, 0.2) is 0 Å². The minimum absolute atomic E-state index is 0.0719. The Balaban J connectivity index is 2.03. The number of sulfonamides is 1. The summed E-state index contributed by atoms with van der Waals surface area (Å²) in [5.74, 6) is 0.0552. The summed E-state index contributed by atoms with van der Waals surface area (Å²) in [5.41, 5.74) is 2.16. The van der Waals surface area contributed by atoms with E-state index in [1.165, 1.54) is 17.0 Å². The number of ether oxygens (including phenoxy) is 1. The van der Waals surface area contributed by atoms with E-state index in [4.69, 9.17) is 4.74 Å². The number of nitrogens with zero attached hydrogens (tertiary/aromatic N) is 2. The average molecular weight is 580 g/mol. The third kappa shape index (κ3) is 8.10. The van der Waals surface area contributed by atoms with E-state index in [1.807, 2.05) is 38.1 Å². The van der Waals surface area contributed by atoms with Crippen LogP contribution >= 0.6 is 0 Å². The van der Waals surface area contributed by atoms with Crippen molar-refractivity contribution in [2.75, 3.05) is 18.0 Å². The highest BCUT2D eigenvalue weighted by Gasteiger charge is 2.32. The number of hydrogen-bond donors (Lipinski definition) is 1. The fraction of sp³-hybridized carbons (Fsp3) is 0.375. The van der Waals surface area contributed by atoms with Crippen LogP contribution in [-0.4, -0.2) is 50.9 Å². The van der Waals surface area contributed by atoms with E-state index in [0.717, 1.165) is 21.9 Å². The summed E-state index contributed by atoms with van der Waals surface area (Å²) >= 11 is 0. The lowest BCUT2D eigenvalue weighted by atomic mass is 10.0. The molecule has 0 fully saturated rings. The normalized spacial score (nSPS) is 12.9. The van der Waals surface area contributed by atoms with Crippen molar-refractivity contribution in [1.82, 2.24) is 10.2 Å². The lowest BCUT2D eigenvalue weighted by molar-refractivity contribution is -0.139. The van der Waals surface area contributed by atoms with Crippen LogP contribution < -0.4 is 14.4 Å². The van der Waals surface area contributed by atoms with E-state index in [-0.39, 0.29) is 29.3 Å². The Bertz CT molecular complexity index is 1410. The first kappa shape index (κ1) is 31.7. The minimum atomic E-state index is -4.10. The number of anilines is 1. The molecular weight excluding hydrogens is 538 g/mol. The summed E-state index contributed by atoms with van der Waals surface area (Å²) in [6.45, 7) is 9.24. The second kappa shape index (κ2) is 14.2. The number of benzene rings is 3. The fourth-order valence-corrected chi connectivity index (χ4v) is 5.72. The van der Waals surface area contributed by atoms with Gasteiger partial charge in [0.1, 0.15) is 18.3 Å². The second-order valence-corrected chi connectivity index (χ2v) is 12.3. The van der Waals surface area contributed by atoms with E-state index in [2.05, 4.69) is 19.2 Å². The van der Waals surface area contributed by atoms with Gasteiger partial charge in [0, 0.05) is 12.6 Å². The zero-order valence-electron chi connectivity index (χ0n) is 24.7. The van der Waals surface area contributed by atoms with Gasteiger partial charge in [-0.3, -0.25) is 13.9 Å². The third-order valence-corrected chi connectivity index (χ3v) is 8.90. The van der Waals surface area contributed by atoms with Gasteiger partial charge in [-0.05, 0) is 73.7 Å². The molecule has 2 amide bonds. The van der Waals surface area contributed by atoms with E-state index in [9.17, 15) is 18.0 Å². The number of carbonyl (C=O) groups excluding carboxylic acids is 2. The van der Waals surface area contributed by atoms with Crippen molar-refractivity contribution >= 4 is 27.5 Å². The molecule has 2 atom stereocenters. The Morgan fingerprint density at radius 1 is 0.902 bits per heavy atom. The summed E-state index contributed by atoms with van der Waals surface area (Å²) in [7, 11) is -2.55. The maximum absolute atomic E-state index is 14.0. The fourth-order valence-electron chi connectivity index (χ4n) is 4.29. The Kier molecular flexibility index (Phi) is 10.9.